The third kappa shape index (κ3) is 4.18. The average Bonchev–Trinajstić information content (AvgIpc) is 3.40. The van der Waals surface area contributed by atoms with Gasteiger partial charge in [0.2, 0.25) is 5.91 Å². The first-order chi connectivity index (χ1) is 14.4. The lowest BCUT2D eigenvalue weighted by Crippen LogP contribution is -2.12. The minimum absolute atomic E-state index is 0.0403. The number of hydrogen-bond acceptors (Lipinski definition) is 5. The van der Waals surface area contributed by atoms with Crippen molar-refractivity contribution < 1.29 is 4.79 Å². The second-order valence-electron chi connectivity index (χ2n) is 7.36. The molecule has 0 radical (unpaired) electrons. The summed E-state index contributed by atoms with van der Waals surface area (Å²) >= 11 is 1.43. The second kappa shape index (κ2) is 8.23. The molecule has 0 saturated heterocycles. The number of thiazole rings is 1. The molecule has 1 aromatic carbocycles. The van der Waals surface area contributed by atoms with Crippen LogP contribution in [0.3, 0.4) is 0 Å². The van der Waals surface area contributed by atoms with Crippen molar-refractivity contribution in [2.45, 2.75) is 33.6 Å². The molecule has 0 aliphatic heterocycles. The first-order valence-corrected chi connectivity index (χ1v) is 10.7. The molecule has 8 heteroatoms. The van der Waals surface area contributed by atoms with E-state index in [1.165, 1.54) is 11.3 Å². The van der Waals surface area contributed by atoms with Crippen molar-refractivity contribution in [3.05, 3.63) is 64.6 Å². The summed E-state index contributed by atoms with van der Waals surface area (Å²) < 4.78 is 3.74. The first-order valence-electron chi connectivity index (χ1n) is 9.77. The van der Waals surface area contributed by atoms with Gasteiger partial charge in [-0.05, 0) is 51.0 Å². The van der Waals surface area contributed by atoms with E-state index in [0.717, 1.165) is 39.6 Å². The lowest BCUT2D eigenvalue weighted by atomic mass is 10.1. The first kappa shape index (κ1) is 20.0. The highest BCUT2D eigenvalue weighted by Gasteiger charge is 2.12. The van der Waals surface area contributed by atoms with Crippen LogP contribution in [0.5, 0.6) is 0 Å². The zero-order valence-corrected chi connectivity index (χ0v) is 18.3. The van der Waals surface area contributed by atoms with Crippen molar-refractivity contribution in [3.8, 4) is 16.9 Å². The molecule has 1 amide bonds. The highest BCUT2D eigenvalue weighted by molar-refractivity contribution is 7.14. The molecule has 1 N–H and O–H groups in total. The standard InChI is InChI=1S/C22H24N6OS/c1-14-11-15(2)28(26-14)18-8-5-17(6-9-18)7-10-21(29)25-22-24-20(13-30-22)19-12-23-27(4)16(19)3/h5-6,8-9,11-13H,7,10H2,1-4H3,(H,24,25,29). The van der Waals surface area contributed by atoms with Gasteiger partial charge in [-0.3, -0.25) is 9.48 Å². The molecule has 0 fully saturated rings. The van der Waals surface area contributed by atoms with Gasteiger partial charge >= 0.3 is 0 Å². The number of benzene rings is 1. The Labute approximate surface area is 179 Å². The van der Waals surface area contributed by atoms with E-state index < -0.39 is 0 Å². The van der Waals surface area contributed by atoms with E-state index in [4.69, 9.17) is 0 Å². The molecule has 0 bridgehead atoms. The predicted octanol–water partition coefficient (Wildman–Crippen LogP) is 4.23. The van der Waals surface area contributed by atoms with Gasteiger partial charge in [-0.1, -0.05) is 12.1 Å². The minimum atomic E-state index is -0.0403. The van der Waals surface area contributed by atoms with Gasteiger partial charge in [0.05, 0.1) is 23.3 Å². The van der Waals surface area contributed by atoms with Gasteiger partial charge < -0.3 is 5.32 Å². The van der Waals surface area contributed by atoms with Crippen molar-refractivity contribution in [2.75, 3.05) is 5.32 Å². The quantitative estimate of drug-likeness (QED) is 0.506. The van der Waals surface area contributed by atoms with Crippen LogP contribution < -0.4 is 5.32 Å². The fourth-order valence-corrected chi connectivity index (χ4v) is 4.07. The number of aromatic nitrogens is 5. The molecule has 0 saturated carbocycles. The van der Waals surface area contributed by atoms with Gasteiger partial charge in [-0.2, -0.15) is 10.2 Å². The molecule has 4 aromatic rings. The topological polar surface area (TPSA) is 77.6 Å². The summed E-state index contributed by atoms with van der Waals surface area (Å²) in [5.41, 5.74) is 7.09. The van der Waals surface area contributed by atoms with E-state index in [2.05, 4.69) is 26.6 Å². The molecule has 0 aliphatic rings. The van der Waals surface area contributed by atoms with Crippen LogP contribution in [0.15, 0.2) is 41.9 Å². The van der Waals surface area contributed by atoms with E-state index in [1.807, 2.05) is 66.8 Å². The van der Waals surface area contributed by atoms with E-state index in [-0.39, 0.29) is 5.91 Å². The van der Waals surface area contributed by atoms with E-state index in [1.54, 1.807) is 6.20 Å². The van der Waals surface area contributed by atoms with Crippen LogP contribution >= 0.6 is 11.3 Å². The summed E-state index contributed by atoms with van der Waals surface area (Å²) in [6.07, 6.45) is 2.87. The Morgan fingerprint density at radius 1 is 1.17 bits per heavy atom. The molecule has 0 aliphatic carbocycles. The molecular formula is C22H24N6OS. The summed E-state index contributed by atoms with van der Waals surface area (Å²) in [6, 6.07) is 10.2. The van der Waals surface area contributed by atoms with Gasteiger partial charge in [-0.15, -0.1) is 11.3 Å². The van der Waals surface area contributed by atoms with Gasteiger partial charge in [0.25, 0.3) is 0 Å². The average molecular weight is 421 g/mol. The maximum atomic E-state index is 12.4. The third-order valence-corrected chi connectivity index (χ3v) is 5.85. The van der Waals surface area contributed by atoms with Gasteiger partial charge in [-0.25, -0.2) is 9.67 Å². The largest absolute Gasteiger partial charge is 0.302 e. The Morgan fingerprint density at radius 2 is 1.93 bits per heavy atom. The molecule has 154 valence electrons. The molecule has 3 heterocycles. The summed E-state index contributed by atoms with van der Waals surface area (Å²) in [7, 11) is 1.90. The normalized spacial score (nSPS) is 11.1. The number of nitrogens with one attached hydrogen (secondary N) is 1. The predicted molar refractivity (Wildman–Crippen MR) is 119 cm³/mol. The summed E-state index contributed by atoms with van der Waals surface area (Å²) in [4.78, 5) is 16.9. The maximum Gasteiger partial charge on any atom is 0.226 e. The number of nitrogens with zero attached hydrogens (tertiary/aromatic N) is 5. The molecule has 0 atom stereocenters. The second-order valence-corrected chi connectivity index (χ2v) is 8.22. The minimum Gasteiger partial charge on any atom is -0.302 e. The van der Waals surface area contributed by atoms with E-state index in [9.17, 15) is 4.79 Å². The fourth-order valence-electron chi connectivity index (χ4n) is 3.34. The van der Waals surface area contributed by atoms with Crippen LogP contribution in [-0.2, 0) is 18.3 Å². The maximum absolute atomic E-state index is 12.4. The SMILES string of the molecule is Cc1cc(C)n(-c2ccc(CCC(=O)Nc3nc(-c4cnn(C)c4C)cs3)cc2)n1. The lowest BCUT2D eigenvalue weighted by molar-refractivity contribution is -0.116. The number of hydrogen-bond donors (Lipinski definition) is 1. The van der Waals surface area contributed by atoms with Crippen molar-refractivity contribution in [1.82, 2.24) is 24.5 Å². The van der Waals surface area contributed by atoms with Crippen LogP contribution in [0.2, 0.25) is 0 Å². The lowest BCUT2D eigenvalue weighted by Gasteiger charge is -2.06. The summed E-state index contributed by atoms with van der Waals surface area (Å²) in [5.74, 6) is -0.0403. The molecule has 0 unspecified atom stereocenters. The van der Waals surface area contributed by atoms with Crippen LogP contribution in [0.1, 0.15) is 29.1 Å². The Bertz CT molecular complexity index is 1180. The van der Waals surface area contributed by atoms with Crippen LogP contribution in [0.4, 0.5) is 5.13 Å². The summed E-state index contributed by atoms with van der Waals surface area (Å²) in [6.45, 7) is 6.03. The van der Waals surface area contributed by atoms with Crippen LogP contribution in [-0.4, -0.2) is 30.5 Å². The van der Waals surface area contributed by atoms with Crippen LogP contribution in [0, 0.1) is 20.8 Å². The fraction of sp³-hybridized carbons (Fsp3) is 0.273. The number of anilines is 1. The van der Waals surface area contributed by atoms with Crippen molar-refractivity contribution in [1.29, 1.82) is 0 Å². The number of carbonyl (C=O) groups is 1. The number of aryl methyl sites for hydroxylation is 4. The molecular weight excluding hydrogens is 396 g/mol. The Balaban J connectivity index is 1.34. The Morgan fingerprint density at radius 3 is 2.57 bits per heavy atom. The number of amides is 1. The zero-order chi connectivity index (χ0) is 21.3. The molecule has 4 rings (SSSR count). The highest BCUT2D eigenvalue weighted by atomic mass is 32.1. The summed E-state index contributed by atoms with van der Waals surface area (Å²) in [5, 5.41) is 14.2. The third-order valence-electron chi connectivity index (χ3n) is 5.09. The van der Waals surface area contributed by atoms with Crippen molar-refractivity contribution >= 4 is 22.4 Å². The molecule has 7 nitrogen and oxygen atoms in total. The Hall–Kier alpha value is -3.26. The molecule has 30 heavy (non-hydrogen) atoms. The van der Waals surface area contributed by atoms with Gasteiger partial charge in [0, 0.05) is 35.8 Å². The molecule has 3 aromatic heterocycles. The number of rotatable bonds is 6. The van der Waals surface area contributed by atoms with Gasteiger partial charge in [0.15, 0.2) is 5.13 Å². The monoisotopic (exact) mass is 420 g/mol. The van der Waals surface area contributed by atoms with E-state index >= 15 is 0 Å². The van der Waals surface area contributed by atoms with Gasteiger partial charge in [0.1, 0.15) is 0 Å². The zero-order valence-electron chi connectivity index (χ0n) is 17.5. The van der Waals surface area contributed by atoms with Crippen molar-refractivity contribution in [2.24, 2.45) is 7.05 Å². The van der Waals surface area contributed by atoms with E-state index in [0.29, 0.717) is 18.0 Å². The molecule has 0 spiro atoms. The van der Waals surface area contributed by atoms with Crippen molar-refractivity contribution in [3.63, 3.8) is 0 Å². The number of carbonyl (C=O) groups excluding carboxylic acids is 1. The highest BCUT2D eigenvalue weighted by Crippen LogP contribution is 2.27. The van der Waals surface area contributed by atoms with Crippen LogP contribution in [0.25, 0.3) is 16.9 Å². The Kier molecular flexibility index (Phi) is 5.50. The smallest absolute Gasteiger partial charge is 0.226 e.